The topological polar surface area (TPSA) is 51.9 Å². The number of halogens is 5. The van der Waals surface area contributed by atoms with E-state index in [0.717, 1.165) is 3.57 Å². The Morgan fingerprint density at radius 2 is 1.75 bits per heavy atom. The van der Waals surface area contributed by atoms with Crippen molar-refractivity contribution >= 4 is 35.5 Å². The lowest BCUT2D eigenvalue weighted by Gasteiger charge is -1.94. The smallest absolute Gasteiger partial charge is 0.418 e. The van der Waals surface area contributed by atoms with E-state index in [2.05, 4.69) is 4.98 Å². The maximum absolute atomic E-state index is 9.75. The number of nitriles is 1. The Morgan fingerprint density at radius 1 is 1.25 bits per heavy atom. The van der Waals surface area contributed by atoms with Gasteiger partial charge in [-0.1, -0.05) is 0 Å². The first-order valence-electron chi connectivity index (χ1n) is 3.70. The fourth-order valence-corrected chi connectivity index (χ4v) is 1.28. The molecule has 0 bridgehead atoms. The first-order chi connectivity index (χ1) is 7.27. The molecule has 1 aromatic carbocycles. The van der Waals surface area contributed by atoms with Gasteiger partial charge in [0.25, 0.3) is 0 Å². The van der Waals surface area contributed by atoms with Gasteiger partial charge in [-0.3, -0.25) is 0 Å². The Bertz CT molecular complexity index is 442. The summed E-state index contributed by atoms with van der Waals surface area (Å²) in [6, 6.07) is 6.86. The second kappa shape index (κ2) is 6.28. The summed E-state index contributed by atoms with van der Waals surface area (Å²) < 4.78 is 39.8. The summed E-state index contributed by atoms with van der Waals surface area (Å²) in [5.74, 6) is 0. The lowest BCUT2D eigenvalue weighted by Crippen LogP contribution is -2.02. The van der Waals surface area contributed by atoms with E-state index in [1.54, 1.807) is 18.2 Å². The summed E-state index contributed by atoms with van der Waals surface area (Å²) in [7, 11) is -6.00. The molecule has 0 N–H and O–H groups in total. The molecule has 0 aliphatic rings. The van der Waals surface area contributed by atoms with Gasteiger partial charge in [-0.05, 0) is 34.7 Å². The van der Waals surface area contributed by atoms with E-state index >= 15 is 0 Å². The molecule has 16 heavy (non-hydrogen) atoms. The van der Waals surface area contributed by atoms with Crippen molar-refractivity contribution in [3.05, 3.63) is 32.3 Å². The lowest BCUT2D eigenvalue weighted by molar-refractivity contribution is 0.368. The molecular weight excluding hydrogens is 340 g/mol. The van der Waals surface area contributed by atoms with Crippen LogP contribution < -0.4 is 0 Å². The van der Waals surface area contributed by atoms with Crippen LogP contribution in [0.2, 0.25) is 0 Å². The maximum Gasteiger partial charge on any atom is 0.673 e. The number of benzene rings is 1. The zero-order chi connectivity index (χ0) is 12.8. The van der Waals surface area contributed by atoms with Gasteiger partial charge >= 0.3 is 12.9 Å². The van der Waals surface area contributed by atoms with E-state index < -0.39 is 7.25 Å². The Morgan fingerprint density at radius 3 is 2.06 bits per heavy atom. The lowest BCUT2D eigenvalue weighted by atomic mass is 10.2. The number of nitrogens with zero attached hydrogens (tertiary/aromatic N) is 3. The van der Waals surface area contributed by atoms with Crippen LogP contribution in [-0.4, -0.2) is 7.25 Å². The number of diazo groups is 1. The van der Waals surface area contributed by atoms with E-state index in [1.165, 1.54) is 0 Å². The molecule has 0 fully saturated rings. The minimum atomic E-state index is -6.00. The highest BCUT2D eigenvalue weighted by Crippen LogP contribution is 2.21. The normalized spacial score (nSPS) is 9.44. The Balaban J connectivity index is 0.000000385. The third-order valence-electron chi connectivity index (χ3n) is 1.18. The van der Waals surface area contributed by atoms with Crippen LogP contribution in [0.4, 0.5) is 23.0 Å². The molecule has 0 unspecified atom stereocenters. The largest absolute Gasteiger partial charge is 0.673 e. The number of hydrogen-bond donors (Lipinski definition) is 0. The minimum Gasteiger partial charge on any atom is -0.418 e. The van der Waals surface area contributed by atoms with Gasteiger partial charge in [0.1, 0.15) is 3.57 Å². The molecule has 3 nitrogen and oxygen atoms in total. The first kappa shape index (κ1) is 14.6. The third kappa shape index (κ3) is 7.01. The van der Waals surface area contributed by atoms with Crippen molar-refractivity contribution in [3.63, 3.8) is 0 Å². The van der Waals surface area contributed by atoms with Crippen LogP contribution in [0.15, 0.2) is 18.2 Å². The van der Waals surface area contributed by atoms with Crippen LogP contribution >= 0.6 is 22.6 Å². The van der Waals surface area contributed by atoms with Crippen LogP contribution in [0, 0.1) is 20.3 Å². The Kier molecular flexibility index (Phi) is 5.74. The molecule has 0 atom stereocenters. The fourth-order valence-electron chi connectivity index (χ4n) is 0.658. The third-order valence-corrected chi connectivity index (χ3v) is 2.05. The molecule has 0 heterocycles. The molecule has 1 rings (SSSR count). The summed E-state index contributed by atoms with van der Waals surface area (Å²) in [6.45, 7) is 0. The molecule has 0 aliphatic carbocycles. The number of hydrogen-bond acceptors (Lipinski definition) is 2. The van der Waals surface area contributed by atoms with Crippen LogP contribution in [0.25, 0.3) is 4.98 Å². The van der Waals surface area contributed by atoms with Crippen LogP contribution in [0.1, 0.15) is 5.56 Å². The molecule has 0 saturated heterocycles. The molecule has 9 heteroatoms. The predicted molar refractivity (Wildman–Crippen MR) is 58.8 cm³/mol. The first-order valence-corrected chi connectivity index (χ1v) is 4.78. The van der Waals surface area contributed by atoms with Crippen LogP contribution in [-0.2, 0) is 0 Å². The van der Waals surface area contributed by atoms with Gasteiger partial charge in [0.05, 0.1) is 11.6 Å². The summed E-state index contributed by atoms with van der Waals surface area (Å²) in [6.07, 6.45) is 0. The summed E-state index contributed by atoms with van der Waals surface area (Å²) in [5.41, 5.74) is 1.06. The van der Waals surface area contributed by atoms with Crippen molar-refractivity contribution in [1.29, 1.82) is 10.7 Å². The van der Waals surface area contributed by atoms with Crippen LogP contribution in [0.5, 0.6) is 0 Å². The highest BCUT2D eigenvalue weighted by atomic mass is 127. The monoisotopic (exact) mass is 343 g/mol. The van der Waals surface area contributed by atoms with Gasteiger partial charge in [0.2, 0.25) is 5.39 Å². The van der Waals surface area contributed by atoms with Gasteiger partial charge in [-0.15, -0.1) is 0 Å². The summed E-state index contributed by atoms with van der Waals surface area (Å²) in [5, 5.41) is 16.9. The summed E-state index contributed by atoms with van der Waals surface area (Å²) >= 11 is 2.00. The predicted octanol–water partition coefficient (Wildman–Crippen LogP) is 3.95. The number of rotatable bonds is 0. The molecular formula is C7H3BF4IN3. The van der Waals surface area contributed by atoms with E-state index in [0.29, 0.717) is 11.3 Å². The zero-order valence-corrected chi connectivity index (χ0v) is 9.70. The minimum absolute atomic E-state index is 0.490. The molecule has 1 aromatic rings. The highest BCUT2D eigenvalue weighted by Gasteiger charge is 2.20. The van der Waals surface area contributed by atoms with E-state index in [1.807, 2.05) is 28.7 Å². The molecule has 0 aromatic heterocycles. The highest BCUT2D eigenvalue weighted by molar-refractivity contribution is 14.1. The second-order valence-corrected chi connectivity index (χ2v) is 3.54. The van der Waals surface area contributed by atoms with Crippen molar-refractivity contribution in [2.45, 2.75) is 0 Å². The molecule has 0 spiro atoms. The van der Waals surface area contributed by atoms with Crippen molar-refractivity contribution in [1.82, 2.24) is 0 Å². The summed E-state index contributed by atoms with van der Waals surface area (Å²) in [4.78, 5) is 3.03. The molecule has 0 aliphatic heterocycles. The Labute approximate surface area is 102 Å². The van der Waals surface area contributed by atoms with Crippen molar-refractivity contribution < 1.29 is 17.3 Å². The van der Waals surface area contributed by atoms with E-state index in [4.69, 9.17) is 10.7 Å². The van der Waals surface area contributed by atoms with Gasteiger partial charge in [-0.2, -0.15) is 5.26 Å². The average Bonchev–Trinajstić information content (AvgIpc) is 2.15. The van der Waals surface area contributed by atoms with Crippen molar-refractivity contribution in [2.24, 2.45) is 0 Å². The van der Waals surface area contributed by atoms with E-state index in [9.17, 15) is 17.3 Å². The molecule has 84 valence electrons. The van der Waals surface area contributed by atoms with Gasteiger partial charge in [-0.25, -0.2) is 0 Å². The van der Waals surface area contributed by atoms with Gasteiger partial charge in [0.15, 0.2) is 4.98 Å². The van der Waals surface area contributed by atoms with Crippen LogP contribution in [0.3, 0.4) is 0 Å². The zero-order valence-electron chi connectivity index (χ0n) is 7.54. The standard InChI is InChI=1S/C7H3IN3.BF4/c8-6-3-5(4-9)1-2-7(6)11-10;2-1(3,4)5/h1-3H;/q+1;-1. The molecule has 0 amide bonds. The van der Waals surface area contributed by atoms with E-state index in [-0.39, 0.29) is 0 Å². The molecule has 0 saturated carbocycles. The maximum atomic E-state index is 9.75. The van der Waals surface area contributed by atoms with Gasteiger partial charge < -0.3 is 17.3 Å². The average molecular weight is 343 g/mol. The quantitative estimate of drug-likeness (QED) is 0.310. The Hall–Kier alpha value is -1.36. The van der Waals surface area contributed by atoms with Gasteiger partial charge in [0, 0.05) is 6.07 Å². The fraction of sp³-hybridized carbons (Fsp3) is 0. The van der Waals surface area contributed by atoms with Crippen molar-refractivity contribution in [3.8, 4) is 6.07 Å². The van der Waals surface area contributed by atoms with Crippen molar-refractivity contribution in [2.75, 3.05) is 0 Å². The SMILES string of the molecule is F[B-](F)(F)F.N#Cc1ccc([N+]#N)c(I)c1. The molecule has 0 radical (unpaired) electrons. The second-order valence-electron chi connectivity index (χ2n) is 2.37.